The third-order valence-corrected chi connectivity index (χ3v) is 2.34. The lowest BCUT2D eigenvalue weighted by Crippen LogP contribution is -2.03. The van der Waals surface area contributed by atoms with Crippen molar-refractivity contribution in [2.45, 2.75) is 6.61 Å². The molecule has 1 rings (SSSR count). The first-order chi connectivity index (χ1) is 7.27. The van der Waals surface area contributed by atoms with E-state index in [1.807, 2.05) is 0 Å². The molecule has 0 atom stereocenters. The van der Waals surface area contributed by atoms with Crippen LogP contribution >= 0.6 is 11.3 Å². The lowest BCUT2D eigenvalue weighted by atomic mass is 10.3. The Morgan fingerprint density at radius 2 is 2.53 bits per heavy atom. The molecule has 80 valence electrons. The molecule has 0 aliphatic carbocycles. The molecule has 0 bridgehead atoms. The van der Waals surface area contributed by atoms with Crippen LogP contribution in [-0.2, 0) is 16.2 Å². The standard InChI is InChI=1S/C7H8N4O3S/c8-11-10-4-13-7(12)5-1-6(2-14-9)15-3-5/h1,3H,2,4,9H2. The van der Waals surface area contributed by atoms with E-state index in [1.54, 1.807) is 11.4 Å². The third-order valence-electron chi connectivity index (χ3n) is 1.43. The van der Waals surface area contributed by atoms with Crippen molar-refractivity contribution in [2.75, 3.05) is 6.73 Å². The summed E-state index contributed by atoms with van der Waals surface area (Å²) < 4.78 is 4.64. The van der Waals surface area contributed by atoms with Gasteiger partial charge in [0.1, 0.15) is 6.61 Å². The largest absolute Gasteiger partial charge is 0.456 e. The van der Waals surface area contributed by atoms with Crippen LogP contribution in [0.4, 0.5) is 0 Å². The van der Waals surface area contributed by atoms with Gasteiger partial charge in [0.25, 0.3) is 0 Å². The van der Waals surface area contributed by atoms with E-state index in [0.717, 1.165) is 4.88 Å². The first kappa shape index (κ1) is 11.5. The number of thiophene rings is 1. The number of carbonyl (C=O) groups is 1. The van der Waals surface area contributed by atoms with E-state index in [1.165, 1.54) is 11.3 Å². The number of hydrogen-bond donors (Lipinski definition) is 1. The van der Waals surface area contributed by atoms with E-state index >= 15 is 0 Å². The highest BCUT2D eigenvalue weighted by Gasteiger charge is 2.09. The smallest absolute Gasteiger partial charge is 0.339 e. The minimum absolute atomic E-state index is 0.244. The molecule has 0 aliphatic heterocycles. The summed E-state index contributed by atoms with van der Waals surface area (Å²) in [5.74, 6) is 4.34. The fraction of sp³-hybridized carbons (Fsp3) is 0.286. The molecule has 1 aromatic rings. The van der Waals surface area contributed by atoms with Crippen LogP contribution in [0.1, 0.15) is 15.2 Å². The predicted molar refractivity (Wildman–Crippen MR) is 52.7 cm³/mol. The number of rotatable bonds is 5. The highest BCUT2D eigenvalue weighted by atomic mass is 32.1. The minimum Gasteiger partial charge on any atom is -0.456 e. The zero-order valence-electron chi connectivity index (χ0n) is 7.62. The topological polar surface area (TPSA) is 110 Å². The van der Waals surface area contributed by atoms with Gasteiger partial charge in [-0.3, -0.25) is 4.84 Å². The highest BCUT2D eigenvalue weighted by molar-refractivity contribution is 7.10. The number of carbonyl (C=O) groups excluding carboxylic acids is 1. The van der Waals surface area contributed by atoms with E-state index < -0.39 is 5.97 Å². The Labute approximate surface area is 89.0 Å². The van der Waals surface area contributed by atoms with Gasteiger partial charge in [-0.2, -0.15) is 0 Å². The maximum absolute atomic E-state index is 11.3. The summed E-state index contributed by atoms with van der Waals surface area (Å²) >= 11 is 1.33. The highest BCUT2D eigenvalue weighted by Crippen LogP contribution is 2.16. The van der Waals surface area contributed by atoms with Crippen molar-refractivity contribution in [1.29, 1.82) is 0 Å². The van der Waals surface area contributed by atoms with E-state index in [0.29, 0.717) is 5.56 Å². The molecule has 0 fully saturated rings. The number of nitrogens with zero attached hydrogens (tertiary/aromatic N) is 3. The Hall–Kier alpha value is -1.60. The fourth-order valence-electron chi connectivity index (χ4n) is 0.842. The van der Waals surface area contributed by atoms with Gasteiger partial charge in [-0.1, -0.05) is 5.11 Å². The first-order valence-corrected chi connectivity index (χ1v) is 4.73. The molecule has 15 heavy (non-hydrogen) atoms. The fourth-order valence-corrected chi connectivity index (χ4v) is 1.62. The van der Waals surface area contributed by atoms with Gasteiger partial charge in [-0.15, -0.1) is 11.3 Å². The summed E-state index contributed by atoms with van der Waals surface area (Å²) in [7, 11) is 0. The van der Waals surface area contributed by atoms with E-state index in [-0.39, 0.29) is 13.3 Å². The van der Waals surface area contributed by atoms with Crippen LogP contribution in [0.3, 0.4) is 0 Å². The second kappa shape index (κ2) is 5.99. The van der Waals surface area contributed by atoms with Gasteiger partial charge in [0.15, 0.2) is 6.73 Å². The third kappa shape index (κ3) is 3.56. The molecule has 1 aromatic heterocycles. The van der Waals surface area contributed by atoms with Crippen LogP contribution in [0.2, 0.25) is 0 Å². The van der Waals surface area contributed by atoms with Crippen LogP contribution in [0.5, 0.6) is 0 Å². The Bertz CT molecular complexity index is 385. The summed E-state index contributed by atoms with van der Waals surface area (Å²) in [5, 5.41) is 4.69. The summed E-state index contributed by atoms with van der Waals surface area (Å²) in [6.45, 7) is -0.0673. The van der Waals surface area contributed by atoms with Crippen molar-refractivity contribution in [3.63, 3.8) is 0 Å². The molecular weight excluding hydrogens is 220 g/mol. The predicted octanol–water partition coefficient (Wildman–Crippen LogP) is 1.56. The van der Waals surface area contributed by atoms with Crippen molar-refractivity contribution in [3.05, 3.63) is 32.3 Å². The number of esters is 1. The van der Waals surface area contributed by atoms with E-state index in [4.69, 9.17) is 11.4 Å². The van der Waals surface area contributed by atoms with Crippen LogP contribution in [0, 0.1) is 0 Å². The SMILES string of the molecule is [N-]=[N+]=NCOC(=O)c1csc(CON)c1. The second-order valence-electron chi connectivity index (χ2n) is 2.40. The Kier molecular flexibility index (Phi) is 4.58. The van der Waals surface area contributed by atoms with Crippen LogP contribution in [0.15, 0.2) is 16.6 Å². The molecule has 2 N–H and O–H groups in total. The van der Waals surface area contributed by atoms with Crippen molar-refractivity contribution in [2.24, 2.45) is 11.0 Å². The molecule has 0 amide bonds. The van der Waals surface area contributed by atoms with Gasteiger partial charge in [0.2, 0.25) is 0 Å². The van der Waals surface area contributed by atoms with Crippen molar-refractivity contribution in [3.8, 4) is 0 Å². The molecular formula is C7H8N4O3S. The maximum Gasteiger partial charge on any atom is 0.339 e. The zero-order chi connectivity index (χ0) is 11.1. The Morgan fingerprint density at radius 1 is 1.73 bits per heavy atom. The summed E-state index contributed by atoms with van der Waals surface area (Å²) in [5.41, 5.74) is 8.35. The van der Waals surface area contributed by atoms with Gasteiger partial charge in [0, 0.05) is 15.2 Å². The number of nitrogens with two attached hydrogens (primary N) is 1. The normalized spacial score (nSPS) is 9.40. The number of azide groups is 1. The van der Waals surface area contributed by atoms with E-state index in [2.05, 4.69) is 19.6 Å². The monoisotopic (exact) mass is 228 g/mol. The lowest BCUT2D eigenvalue weighted by molar-refractivity contribution is 0.0516. The molecule has 0 radical (unpaired) electrons. The average Bonchev–Trinajstić information content (AvgIpc) is 2.67. The van der Waals surface area contributed by atoms with E-state index in [9.17, 15) is 4.79 Å². The van der Waals surface area contributed by atoms with Crippen LogP contribution < -0.4 is 5.90 Å². The molecule has 1 heterocycles. The molecule has 8 heteroatoms. The van der Waals surface area contributed by atoms with Gasteiger partial charge < -0.3 is 4.74 Å². The summed E-state index contributed by atoms with van der Waals surface area (Å²) in [4.78, 5) is 18.9. The second-order valence-corrected chi connectivity index (χ2v) is 3.40. The quantitative estimate of drug-likeness (QED) is 0.271. The first-order valence-electron chi connectivity index (χ1n) is 3.85. The number of hydrogen-bond acceptors (Lipinski definition) is 6. The lowest BCUT2D eigenvalue weighted by Gasteiger charge is -1.96. The molecule has 7 nitrogen and oxygen atoms in total. The number of ether oxygens (including phenoxy) is 1. The van der Waals surface area contributed by atoms with Gasteiger partial charge in [0.05, 0.1) is 5.56 Å². The Morgan fingerprint density at radius 3 is 3.20 bits per heavy atom. The molecule has 0 saturated heterocycles. The summed E-state index contributed by atoms with van der Waals surface area (Å²) in [6, 6.07) is 1.61. The molecule has 0 aromatic carbocycles. The maximum atomic E-state index is 11.3. The van der Waals surface area contributed by atoms with Crippen LogP contribution in [-0.4, -0.2) is 12.7 Å². The molecule has 0 saturated carbocycles. The van der Waals surface area contributed by atoms with Crippen molar-refractivity contribution < 1.29 is 14.4 Å². The molecule has 0 spiro atoms. The molecule has 0 unspecified atom stereocenters. The van der Waals surface area contributed by atoms with Crippen molar-refractivity contribution in [1.82, 2.24) is 0 Å². The summed E-state index contributed by atoms with van der Waals surface area (Å²) in [6.07, 6.45) is 0. The van der Waals surface area contributed by atoms with Gasteiger partial charge in [-0.05, 0) is 11.6 Å². The zero-order valence-corrected chi connectivity index (χ0v) is 8.44. The molecule has 0 aliphatic rings. The van der Waals surface area contributed by atoms with Gasteiger partial charge in [-0.25, -0.2) is 10.7 Å². The van der Waals surface area contributed by atoms with Crippen molar-refractivity contribution >= 4 is 17.3 Å². The Balaban J connectivity index is 2.53. The average molecular weight is 228 g/mol. The van der Waals surface area contributed by atoms with Gasteiger partial charge >= 0.3 is 5.97 Å². The minimum atomic E-state index is -0.540. The van der Waals surface area contributed by atoms with Crippen LogP contribution in [0.25, 0.3) is 10.4 Å².